The Morgan fingerprint density at radius 2 is 1.91 bits per heavy atom. The molecule has 0 saturated heterocycles. The maximum atomic E-state index is 12.9. The zero-order valence-corrected chi connectivity index (χ0v) is 17.3. The van der Waals surface area contributed by atoms with E-state index in [0.717, 1.165) is 29.7 Å². The second-order valence-corrected chi connectivity index (χ2v) is 8.33. The van der Waals surface area contributed by atoms with Gasteiger partial charge in [0.05, 0.1) is 0 Å². The first-order valence-corrected chi connectivity index (χ1v) is 10.9. The van der Waals surface area contributed by atoms with Crippen molar-refractivity contribution in [3.05, 3.63) is 72.6 Å². The Morgan fingerprint density at radius 3 is 2.69 bits per heavy atom. The first-order valence-electron chi connectivity index (χ1n) is 10.9. The summed E-state index contributed by atoms with van der Waals surface area (Å²) < 4.78 is 2.04. The smallest absolute Gasteiger partial charge is 0.275 e. The predicted octanol–water partition coefficient (Wildman–Crippen LogP) is 4.26. The van der Waals surface area contributed by atoms with E-state index in [2.05, 4.69) is 42.6 Å². The molecule has 2 saturated carbocycles. The van der Waals surface area contributed by atoms with Crippen LogP contribution in [0.3, 0.4) is 0 Å². The van der Waals surface area contributed by atoms with Crippen LogP contribution in [0.25, 0.3) is 22.6 Å². The Labute approximate surface area is 184 Å². The molecular weight excluding hydrogens is 402 g/mol. The molecule has 6 rings (SSSR count). The molecule has 0 bridgehead atoms. The maximum Gasteiger partial charge on any atom is 0.275 e. The SMILES string of the molecule is O=C(Nc1cccc(-c2nncn2C2CC2)n1)c1cc(-c2ccc(C3CC3)nc2)ccn1. The normalized spacial score (nSPS) is 15.5. The van der Waals surface area contributed by atoms with Crippen molar-refractivity contribution in [1.82, 2.24) is 29.7 Å². The number of nitrogens with one attached hydrogen (secondary N) is 1. The van der Waals surface area contributed by atoms with E-state index in [9.17, 15) is 4.79 Å². The van der Waals surface area contributed by atoms with E-state index < -0.39 is 0 Å². The molecule has 0 radical (unpaired) electrons. The van der Waals surface area contributed by atoms with Crippen LogP contribution in [0, 0.1) is 0 Å². The minimum Gasteiger partial charge on any atom is -0.309 e. The van der Waals surface area contributed by atoms with Gasteiger partial charge < -0.3 is 9.88 Å². The quantitative estimate of drug-likeness (QED) is 0.497. The molecule has 1 amide bonds. The highest BCUT2D eigenvalue weighted by Crippen LogP contribution is 2.39. The standard InChI is InChI=1S/C24H21N7O/c32-24(21-12-16(10-11-25-21)17-6-9-19(26-13-17)15-4-5-15)29-22-3-1-2-20(28-22)23-30-27-14-31(23)18-7-8-18/h1-3,6,9-15,18H,4-5,7-8H2,(H,28,29,32). The summed E-state index contributed by atoms with van der Waals surface area (Å²) in [4.78, 5) is 26.3. The minimum absolute atomic E-state index is 0.317. The number of carbonyl (C=O) groups is 1. The minimum atomic E-state index is -0.317. The largest absolute Gasteiger partial charge is 0.309 e. The fourth-order valence-corrected chi connectivity index (χ4v) is 3.79. The monoisotopic (exact) mass is 423 g/mol. The van der Waals surface area contributed by atoms with Crippen LogP contribution >= 0.6 is 0 Å². The molecule has 8 heteroatoms. The van der Waals surface area contributed by atoms with Gasteiger partial charge in [0.1, 0.15) is 23.5 Å². The van der Waals surface area contributed by atoms with Gasteiger partial charge in [0.25, 0.3) is 5.91 Å². The number of anilines is 1. The van der Waals surface area contributed by atoms with Gasteiger partial charge in [-0.15, -0.1) is 10.2 Å². The van der Waals surface area contributed by atoms with Crippen molar-refractivity contribution in [3.8, 4) is 22.6 Å². The van der Waals surface area contributed by atoms with Crippen molar-refractivity contribution < 1.29 is 4.79 Å². The van der Waals surface area contributed by atoms with Crippen molar-refractivity contribution in [2.45, 2.75) is 37.6 Å². The van der Waals surface area contributed by atoms with Gasteiger partial charge in [0.15, 0.2) is 5.82 Å². The molecule has 8 nitrogen and oxygen atoms in total. The Hall–Kier alpha value is -3.94. The van der Waals surface area contributed by atoms with Gasteiger partial charge in [0, 0.05) is 35.6 Å². The van der Waals surface area contributed by atoms with Crippen LogP contribution in [0.2, 0.25) is 0 Å². The number of rotatable bonds is 6. The van der Waals surface area contributed by atoms with E-state index in [1.165, 1.54) is 12.8 Å². The van der Waals surface area contributed by atoms with Gasteiger partial charge in [-0.3, -0.25) is 14.8 Å². The predicted molar refractivity (Wildman–Crippen MR) is 119 cm³/mol. The summed E-state index contributed by atoms with van der Waals surface area (Å²) in [6.45, 7) is 0. The maximum absolute atomic E-state index is 12.9. The number of hydrogen-bond donors (Lipinski definition) is 1. The number of aromatic nitrogens is 6. The number of pyridine rings is 3. The van der Waals surface area contributed by atoms with Crippen molar-refractivity contribution in [2.24, 2.45) is 0 Å². The van der Waals surface area contributed by atoms with Crippen molar-refractivity contribution in [2.75, 3.05) is 5.32 Å². The summed E-state index contributed by atoms with van der Waals surface area (Å²) >= 11 is 0. The van der Waals surface area contributed by atoms with E-state index in [-0.39, 0.29) is 5.91 Å². The van der Waals surface area contributed by atoms with E-state index in [4.69, 9.17) is 0 Å². The highest BCUT2D eigenvalue weighted by atomic mass is 16.1. The summed E-state index contributed by atoms with van der Waals surface area (Å²) in [6, 6.07) is 13.7. The Kier molecular flexibility index (Phi) is 4.49. The summed E-state index contributed by atoms with van der Waals surface area (Å²) in [5, 5.41) is 11.1. The first kappa shape index (κ1) is 18.8. The lowest BCUT2D eigenvalue weighted by Crippen LogP contribution is -2.15. The summed E-state index contributed by atoms with van der Waals surface area (Å²) in [7, 11) is 0. The summed E-state index contributed by atoms with van der Waals surface area (Å²) in [6.07, 6.45) is 9.94. The molecule has 0 spiro atoms. The average molecular weight is 423 g/mol. The second kappa shape index (κ2) is 7.64. The number of amides is 1. The second-order valence-electron chi connectivity index (χ2n) is 8.33. The molecule has 32 heavy (non-hydrogen) atoms. The van der Waals surface area contributed by atoms with Crippen LogP contribution in [0.5, 0.6) is 0 Å². The van der Waals surface area contributed by atoms with Crippen LogP contribution in [0.15, 0.2) is 61.2 Å². The molecule has 4 heterocycles. The van der Waals surface area contributed by atoms with E-state index in [1.807, 2.05) is 29.0 Å². The zero-order valence-electron chi connectivity index (χ0n) is 17.3. The molecule has 1 N–H and O–H groups in total. The molecule has 0 aliphatic heterocycles. The van der Waals surface area contributed by atoms with Gasteiger partial charge >= 0.3 is 0 Å². The third-order valence-electron chi connectivity index (χ3n) is 5.84. The van der Waals surface area contributed by atoms with Crippen LogP contribution in [0.4, 0.5) is 5.82 Å². The highest BCUT2D eigenvalue weighted by Gasteiger charge is 2.27. The number of carbonyl (C=O) groups excluding carboxylic acids is 1. The topological polar surface area (TPSA) is 98.5 Å². The summed E-state index contributed by atoms with van der Waals surface area (Å²) in [5.41, 5.74) is 4.01. The highest BCUT2D eigenvalue weighted by molar-refractivity contribution is 6.03. The van der Waals surface area contributed by atoms with Crippen molar-refractivity contribution in [1.29, 1.82) is 0 Å². The van der Waals surface area contributed by atoms with E-state index in [0.29, 0.717) is 35.0 Å². The lowest BCUT2D eigenvalue weighted by atomic mass is 10.1. The Bertz CT molecular complexity index is 1290. The molecule has 0 unspecified atom stereocenters. The first-order chi connectivity index (χ1) is 15.7. The molecule has 4 aromatic heterocycles. The number of hydrogen-bond acceptors (Lipinski definition) is 6. The van der Waals surface area contributed by atoms with Crippen LogP contribution < -0.4 is 5.32 Å². The Morgan fingerprint density at radius 1 is 1.00 bits per heavy atom. The third-order valence-corrected chi connectivity index (χ3v) is 5.84. The van der Waals surface area contributed by atoms with E-state index in [1.54, 1.807) is 24.7 Å². The fourth-order valence-electron chi connectivity index (χ4n) is 3.79. The lowest BCUT2D eigenvalue weighted by Gasteiger charge is -2.08. The van der Waals surface area contributed by atoms with Gasteiger partial charge in [-0.2, -0.15) is 0 Å². The van der Waals surface area contributed by atoms with Crippen LogP contribution in [-0.4, -0.2) is 35.6 Å². The average Bonchev–Trinajstić information content (AvgIpc) is 3.78. The van der Waals surface area contributed by atoms with Crippen LogP contribution in [-0.2, 0) is 0 Å². The molecule has 158 valence electrons. The van der Waals surface area contributed by atoms with Crippen LogP contribution in [0.1, 0.15) is 53.8 Å². The van der Waals surface area contributed by atoms with E-state index >= 15 is 0 Å². The zero-order chi connectivity index (χ0) is 21.5. The molecule has 0 atom stereocenters. The van der Waals surface area contributed by atoms with Gasteiger partial charge in [-0.1, -0.05) is 12.1 Å². The van der Waals surface area contributed by atoms with Gasteiger partial charge in [0.2, 0.25) is 0 Å². The fraction of sp³-hybridized carbons (Fsp3) is 0.250. The number of nitrogens with zero attached hydrogens (tertiary/aromatic N) is 6. The lowest BCUT2D eigenvalue weighted by molar-refractivity contribution is 0.102. The summed E-state index contributed by atoms with van der Waals surface area (Å²) in [5.74, 6) is 1.46. The molecular formula is C24H21N7O. The van der Waals surface area contributed by atoms with Crippen molar-refractivity contribution in [3.63, 3.8) is 0 Å². The molecule has 2 aliphatic rings. The van der Waals surface area contributed by atoms with Gasteiger partial charge in [-0.25, -0.2) is 4.98 Å². The molecule has 2 fully saturated rings. The third kappa shape index (κ3) is 3.75. The molecule has 4 aromatic rings. The van der Waals surface area contributed by atoms with Gasteiger partial charge in [-0.05, 0) is 61.6 Å². The Balaban J connectivity index is 1.21. The molecule has 0 aromatic carbocycles. The molecule has 2 aliphatic carbocycles. The van der Waals surface area contributed by atoms with Crippen molar-refractivity contribution >= 4 is 11.7 Å².